The summed E-state index contributed by atoms with van der Waals surface area (Å²) >= 11 is 0. The van der Waals surface area contributed by atoms with Gasteiger partial charge in [-0.05, 0) is 24.3 Å². The van der Waals surface area contributed by atoms with E-state index in [-0.39, 0.29) is 36.0 Å². The summed E-state index contributed by atoms with van der Waals surface area (Å²) in [6.07, 6.45) is 0. The molecule has 0 saturated carbocycles. The Morgan fingerprint density at radius 1 is 1.00 bits per heavy atom. The first-order valence-electron chi connectivity index (χ1n) is 10.4. The van der Waals surface area contributed by atoms with Crippen molar-refractivity contribution in [1.82, 2.24) is 14.5 Å². The standard InChI is InChI=1S/C22H25N3O6S/c1-16(26)24-8-10-25(11-9-24)32(28,29)19-6-2-4-17(14-19)22(27)23-15-18-5-3-7-20-21(18)31-13-12-30-20/h2-7,14H,8-13,15H2,1H3,(H,23,27). The molecule has 0 bridgehead atoms. The van der Waals surface area contributed by atoms with Crippen LogP contribution in [0.3, 0.4) is 0 Å². The van der Waals surface area contributed by atoms with Crippen LogP contribution in [0, 0.1) is 0 Å². The number of hydrogen-bond donors (Lipinski definition) is 1. The first-order chi connectivity index (χ1) is 15.4. The third kappa shape index (κ3) is 4.56. The quantitative estimate of drug-likeness (QED) is 0.721. The Bertz CT molecular complexity index is 1130. The Kier molecular flexibility index (Phi) is 6.33. The van der Waals surface area contributed by atoms with Gasteiger partial charge in [-0.1, -0.05) is 18.2 Å². The van der Waals surface area contributed by atoms with Crippen LogP contribution >= 0.6 is 0 Å². The van der Waals surface area contributed by atoms with Crippen molar-refractivity contribution in [2.24, 2.45) is 0 Å². The van der Waals surface area contributed by atoms with Crippen LogP contribution < -0.4 is 14.8 Å². The number of carbonyl (C=O) groups excluding carboxylic acids is 2. The molecule has 170 valence electrons. The lowest BCUT2D eigenvalue weighted by atomic mass is 10.1. The zero-order valence-corrected chi connectivity index (χ0v) is 18.6. The largest absolute Gasteiger partial charge is 0.486 e. The van der Waals surface area contributed by atoms with E-state index in [2.05, 4.69) is 5.32 Å². The first-order valence-corrected chi connectivity index (χ1v) is 11.8. The monoisotopic (exact) mass is 459 g/mol. The number of fused-ring (bicyclic) bond motifs is 1. The van der Waals surface area contributed by atoms with Gasteiger partial charge in [-0.3, -0.25) is 9.59 Å². The molecule has 0 spiro atoms. The number of rotatable bonds is 5. The predicted octanol–water partition coefficient (Wildman–Crippen LogP) is 1.24. The van der Waals surface area contributed by atoms with Crippen molar-refractivity contribution >= 4 is 21.8 Å². The van der Waals surface area contributed by atoms with E-state index in [4.69, 9.17) is 9.47 Å². The average molecular weight is 460 g/mol. The van der Waals surface area contributed by atoms with E-state index in [1.165, 1.54) is 23.4 Å². The number of nitrogens with zero attached hydrogens (tertiary/aromatic N) is 2. The minimum Gasteiger partial charge on any atom is -0.486 e. The molecular weight excluding hydrogens is 434 g/mol. The Morgan fingerprint density at radius 2 is 1.72 bits per heavy atom. The summed E-state index contributed by atoms with van der Waals surface area (Å²) in [5.41, 5.74) is 1.03. The van der Waals surface area contributed by atoms with Gasteiger partial charge < -0.3 is 19.7 Å². The van der Waals surface area contributed by atoms with E-state index in [1.54, 1.807) is 17.0 Å². The topological polar surface area (TPSA) is 105 Å². The van der Waals surface area contributed by atoms with Crippen LogP contribution in [0.4, 0.5) is 0 Å². The van der Waals surface area contributed by atoms with Crippen LogP contribution in [-0.4, -0.2) is 68.8 Å². The molecule has 10 heteroatoms. The molecule has 0 atom stereocenters. The van der Waals surface area contributed by atoms with Gasteiger partial charge in [0.2, 0.25) is 15.9 Å². The third-order valence-electron chi connectivity index (χ3n) is 5.51. The summed E-state index contributed by atoms with van der Waals surface area (Å²) in [5.74, 6) is 0.788. The summed E-state index contributed by atoms with van der Waals surface area (Å²) in [4.78, 5) is 25.9. The second-order valence-electron chi connectivity index (χ2n) is 7.56. The van der Waals surface area contributed by atoms with Gasteiger partial charge in [0, 0.05) is 50.8 Å². The fourth-order valence-corrected chi connectivity index (χ4v) is 5.21. The van der Waals surface area contributed by atoms with E-state index < -0.39 is 15.9 Å². The second kappa shape index (κ2) is 9.17. The molecule has 0 unspecified atom stereocenters. The molecule has 2 amide bonds. The van der Waals surface area contributed by atoms with E-state index in [0.29, 0.717) is 37.8 Å². The molecule has 2 aromatic rings. The van der Waals surface area contributed by atoms with E-state index >= 15 is 0 Å². The van der Waals surface area contributed by atoms with Crippen LogP contribution in [0.5, 0.6) is 11.5 Å². The van der Waals surface area contributed by atoms with Gasteiger partial charge in [0.05, 0.1) is 4.90 Å². The molecule has 2 aliphatic heterocycles. The van der Waals surface area contributed by atoms with Gasteiger partial charge in [0.15, 0.2) is 11.5 Å². The number of sulfonamides is 1. The van der Waals surface area contributed by atoms with Crippen molar-refractivity contribution in [3.05, 3.63) is 53.6 Å². The smallest absolute Gasteiger partial charge is 0.251 e. The fourth-order valence-electron chi connectivity index (χ4n) is 3.74. The summed E-state index contributed by atoms with van der Waals surface area (Å²) < 4.78 is 38.6. The highest BCUT2D eigenvalue weighted by Crippen LogP contribution is 2.33. The SMILES string of the molecule is CC(=O)N1CCN(S(=O)(=O)c2cccc(C(=O)NCc3cccc4c3OCCO4)c2)CC1. The van der Waals surface area contributed by atoms with Crippen molar-refractivity contribution in [3.63, 3.8) is 0 Å². The molecule has 1 saturated heterocycles. The van der Waals surface area contributed by atoms with Crippen LogP contribution in [0.1, 0.15) is 22.8 Å². The number of amides is 2. The van der Waals surface area contributed by atoms with Crippen LogP contribution in [0.2, 0.25) is 0 Å². The molecule has 2 aliphatic rings. The number of ether oxygens (including phenoxy) is 2. The van der Waals surface area contributed by atoms with Gasteiger partial charge in [0.1, 0.15) is 13.2 Å². The summed E-state index contributed by atoms with van der Waals surface area (Å²) in [6.45, 7) is 3.75. The Balaban J connectivity index is 1.45. The lowest BCUT2D eigenvalue weighted by Crippen LogP contribution is -2.49. The minimum absolute atomic E-state index is 0.0512. The van der Waals surface area contributed by atoms with Crippen LogP contribution in [-0.2, 0) is 21.4 Å². The van der Waals surface area contributed by atoms with E-state index in [1.807, 2.05) is 18.2 Å². The maximum atomic E-state index is 13.0. The minimum atomic E-state index is -3.77. The first kappa shape index (κ1) is 22.1. The molecular formula is C22H25N3O6S. The lowest BCUT2D eigenvalue weighted by Gasteiger charge is -2.33. The number of benzene rings is 2. The average Bonchev–Trinajstić information content (AvgIpc) is 2.82. The van der Waals surface area contributed by atoms with Crippen molar-refractivity contribution in [2.45, 2.75) is 18.4 Å². The zero-order chi connectivity index (χ0) is 22.7. The molecule has 2 heterocycles. The second-order valence-corrected chi connectivity index (χ2v) is 9.50. The Labute approximate surface area is 187 Å². The van der Waals surface area contributed by atoms with Crippen LogP contribution in [0.25, 0.3) is 0 Å². The molecule has 1 fully saturated rings. The number of piperazine rings is 1. The molecule has 32 heavy (non-hydrogen) atoms. The number of hydrogen-bond acceptors (Lipinski definition) is 6. The lowest BCUT2D eigenvalue weighted by molar-refractivity contribution is -0.129. The van der Waals surface area contributed by atoms with Gasteiger partial charge in [0.25, 0.3) is 5.91 Å². The van der Waals surface area contributed by atoms with Crippen molar-refractivity contribution in [2.75, 3.05) is 39.4 Å². The molecule has 0 aromatic heterocycles. The third-order valence-corrected chi connectivity index (χ3v) is 7.40. The van der Waals surface area contributed by atoms with E-state index in [0.717, 1.165) is 5.56 Å². The van der Waals surface area contributed by atoms with Crippen LogP contribution in [0.15, 0.2) is 47.4 Å². The molecule has 2 aromatic carbocycles. The van der Waals surface area contributed by atoms with Crippen molar-refractivity contribution in [3.8, 4) is 11.5 Å². The van der Waals surface area contributed by atoms with Gasteiger partial charge >= 0.3 is 0 Å². The Hall–Kier alpha value is -3.11. The fraction of sp³-hybridized carbons (Fsp3) is 0.364. The highest BCUT2D eigenvalue weighted by atomic mass is 32.2. The van der Waals surface area contributed by atoms with Gasteiger partial charge in [-0.15, -0.1) is 0 Å². The highest BCUT2D eigenvalue weighted by Gasteiger charge is 2.29. The summed E-state index contributed by atoms with van der Waals surface area (Å²) in [5, 5.41) is 2.81. The van der Waals surface area contributed by atoms with Gasteiger partial charge in [-0.2, -0.15) is 4.31 Å². The summed E-state index contributed by atoms with van der Waals surface area (Å²) in [7, 11) is -3.77. The zero-order valence-electron chi connectivity index (χ0n) is 17.7. The molecule has 4 rings (SSSR count). The molecule has 0 radical (unpaired) electrons. The maximum absolute atomic E-state index is 13.0. The normalized spacial score (nSPS) is 16.5. The van der Waals surface area contributed by atoms with Crippen molar-refractivity contribution < 1.29 is 27.5 Å². The number of para-hydroxylation sites is 1. The number of nitrogens with one attached hydrogen (secondary N) is 1. The number of carbonyl (C=O) groups is 2. The van der Waals surface area contributed by atoms with E-state index in [9.17, 15) is 18.0 Å². The molecule has 0 aliphatic carbocycles. The van der Waals surface area contributed by atoms with Crippen molar-refractivity contribution in [1.29, 1.82) is 0 Å². The van der Waals surface area contributed by atoms with Gasteiger partial charge in [-0.25, -0.2) is 8.42 Å². The maximum Gasteiger partial charge on any atom is 0.251 e. The molecule has 1 N–H and O–H groups in total. The molecule has 9 nitrogen and oxygen atoms in total. The summed E-state index contributed by atoms with van der Waals surface area (Å²) in [6, 6.07) is 11.5. The predicted molar refractivity (Wildman–Crippen MR) is 116 cm³/mol. The Morgan fingerprint density at radius 3 is 2.47 bits per heavy atom. The highest BCUT2D eigenvalue weighted by molar-refractivity contribution is 7.89.